The summed E-state index contributed by atoms with van der Waals surface area (Å²) in [5.41, 5.74) is 12.8. The number of hydrogen-bond acceptors (Lipinski definition) is 2. The van der Waals surface area contributed by atoms with Crippen LogP contribution in [0.5, 0.6) is 0 Å². The quantitative estimate of drug-likeness (QED) is 0.158. The second-order valence-electron chi connectivity index (χ2n) is 15.3. The fourth-order valence-electron chi connectivity index (χ4n) is 9.25. The van der Waals surface area contributed by atoms with Crippen molar-refractivity contribution in [1.82, 2.24) is 4.57 Å². The number of nitrogens with zero attached hydrogens (tertiary/aromatic N) is 2. The van der Waals surface area contributed by atoms with Crippen molar-refractivity contribution < 1.29 is 4.42 Å². The van der Waals surface area contributed by atoms with Crippen molar-refractivity contribution in [1.29, 1.82) is 0 Å². The highest BCUT2D eigenvalue weighted by molar-refractivity contribution is 6.14. The zero-order valence-electron chi connectivity index (χ0n) is 32.1. The number of aromatic nitrogens is 1. The van der Waals surface area contributed by atoms with E-state index in [1.54, 1.807) is 0 Å². The molecule has 0 N–H and O–H groups in total. The molecule has 12 aromatic rings. The number of rotatable bonds is 6. The molecular weight excluding hydrogens is 717 g/mol. The Morgan fingerprint density at radius 3 is 1.76 bits per heavy atom. The number of benzene rings is 10. The third-order valence-electron chi connectivity index (χ3n) is 11.9. The lowest BCUT2D eigenvalue weighted by Gasteiger charge is -2.27. The van der Waals surface area contributed by atoms with E-state index in [0.717, 1.165) is 61.4 Å². The molecule has 59 heavy (non-hydrogen) atoms. The molecule has 0 aliphatic rings. The van der Waals surface area contributed by atoms with Crippen LogP contribution in [0.4, 0.5) is 17.1 Å². The summed E-state index contributed by atoms with van der Waals surface area (Å²) in [6, 6.07) is 78.7. The normalized spacial score (nSPS) is 11.7. The van der Waals surface area contributed by atoms with Gasteiger partial charge in [-0.25, -0.2) is 0 Å². The standard InChI is InChI=1S/C56H36N2O/c1-2-17-41(18-3-1)57(42-19-14-16-39(33-42)40-32-31-38-30-29-37-15-4-5-20-44(37)49(38)34-40)43-35-50(56-51(36-43)48-24-9-13-28-55(48)59-56)47-23-8-12-27-54(47)58-52-25-10-6-21-45(52)46-22-7-11-26-53(46)58/h1-36H. The van der Waals surface area contributed by atoms with E-state index in [4.69, 9.17) is 4.42 Å². The highest BCUT2D eigenvalue weighted by Gasteiger charge is 2.23. The lowest BCUT2D eigenvalue weighted by Crippen LogP contribution is -2.10. The zero-order chi connectivity index (χ0) is 38.9. The van der Waals surface area contributed by atoms with E-state index in [-0.39, 0.29) is 0 Å². The van der Waals surface area contributed by atoms with Gasteiger partial charge in [-0.15, -0.1) is 0 Å². The Labute approximate surface area is 341 Å². The largest absolute Gasteiger partial charge is 0.455 e. The Hall–Kier alpha value is -7.88. The first-order valence-electron chi connectivity index (χ1n) is 20.2. The van der Waals surface area contributed by atoms with Crippen molar-refractivity contribution in [2.45, 2.75) is 0 Å². The molecule has 3 heteroatoms. The molecule has 0 atom stereocenters. The Balaban J connectivity index is 1.10. The van der Waals surface area contributed by atoms with E-state index in [2.05, 4.69) is 228 Å². The van der Waals surface area contributed by atoms with Crippen LogP contribution in [-0.4, -0.2) is 4.57 Å². The van der Waals surface area contributed by atoms with Crippen LogP contribution < -0.4 is 4.90 Å². The molecule has 0 saturated carbocycles. The van der Waals surface area contributed by atoms with Gasteiger partial charge in [0.15, 0.2) is 0 Å². The molecule has 0 radical (unpaired) electrons. The predicted molar refractivity (Wildman–Crippen MR) is 249 cm³/mol. The van der Waals surface area contributed by atoms with Gasteiger partial charge in [0.1, 0.15) is 11.2 Å². The van der Waals surface area contributed by atoms with E-state index in [1.807, 2.05) is 0 Å². The van der Waals surface area contributed by atoms with Crippen LogP contribution in [0.15, 0.2) is 223 Å². The fourth-order valence-corrected chi connectivity index (χ4v) is 9.25. The molecular formula is C56H36N2O. The maximum Gasteiger partial charge on any atom is 0.143 e. The van der Waals surface area contributed by atoms with Crippen LogP contribution in [0.3, 0.4) is 0 Å². The molecule has 0 bridgehead atoms. The first-order valence-corrected chi connectivity index (χ1v) is 20.2. The predicted octanol–water partition coefficient (Wildman–Crippen LogP) is 15.8. The van der Waals surface area contributed by atoms with Crippen molar-refractivity contribution in [3.05, 3.63) is 218 Å². The first kappa shape index (κ1) is 33.3. The molecule has 0 unspecified atom stereocenters. The minimum absolute atomic E-state index is 0.868. The number of furan rings is 1. The second kappa shape index (κ2) is 13.4. The van der Waals surface area contributed by atoms with Crippen LogP contribution in [0.2, 0.25) is 0 Å². The summed E-state index contributed by atoms with van der Waals surface area (Å²) in [6.07, 6.45) is 0. The number of anilines is 3. The van der Waals surface area contributed by atoms with Crippen LogP contribution in [0.25, 0.3) is 93.2 Å². The Morgan fingerprint density at radius 1 is 0.339 bits per heavy atom. The van der Waals surface area contributed by atoms with Gasteiger partial charge in [-0.3, -0.25) is 0 Å². The number of para-hydroxylation sites is 5. The minimum atomic E-state index is 0.868. The summed E-state index contributed by atoms with van der Waals surface area (Å²) in [4.78, 5) is 2.38. The van der Waals surface area contributed by atoms with Gasteiger partial charge in [-0.05, 0) is 99.4 Å². The third-order valence-corrected chi connectivity index (χ3v) is 11.9. The van der Waals surface area contributed by atoms with E-state index >= 15 is 0 Å². The highest BCUT2D eigenvalue weighted by atomic mass is 16.3. The van der Waals surface area contributed by atoms with E-state index in [1.165, 1.54) is 48.9 Å². The average molecular weight is 753 g/mol. The Morgan fingerprint density at radius 2 is 0.949 bits per heavy atom. The molecule has 2 aromatic heterocycles. The number of hydrogen-bond donors (Lipinski definition) is 0. The van der Waals surface area contributed by atoms with Crippen molar-refractivity contribution in [3.8, 4) is 27.9 Å². The zero-order valence-corrected chi connectivity index (χ0v) is 32.1. The Bertz CT molecular complexity index is 3520. The molecule has 12 rings (SSSR count). The summed E-state index contributed by atoms with van der Waals surface area (Å²) in [5.74, 6) is 0. The van der Waals surface area contributed by atoms with Crippen molar-refractivity contribution in [2.24, 2.45) is 0 Å². The Kier molecular flexibility index (Phi) is 7.54. The summed E-state index contributed by atoms with van der Waals surface area (Å²) >= 11 is 0. The first-order chi connectivity index (χ1) is 29.3. The molecule has 0 aliphatic carbocycles. The average Bonchev–Trinajstić information content (AvgIpc) is 3.85. The monoisotopic (exact) mass is 752 g/mol. The van der Waals surface area contributed by atoms with Gasteiger partial charge in [0.25, 0.3) is 0 Å². The maximum absolute atomic E-state index is 6.85. The molecule has 0 saturated heterocycles. The SMILES string of the molecule is c1ccc(N(c2cccc(-c3ccc4ccc5ccccc5c4c3)c2)c2cc(-c3ccccc3-n3c4ccccc4c4ccccc43)c3oc4ccccc4c3c2)cc1. The molecule has 0 fully saturated rings. The van der Waals surface area contributed by atoms with Gasteiger partial charge in [-0.1, -0.05) is 152 Å². The van der Waals surface area contributed by atoms with Gasteiger partial charge >= 0.3 is 0 Å². The summed E-state index contributed by atoms with van der Waals surface area (Å²) in [5, 5.41) is 9.64. The van der Waals surface area contributed by atoms with Crippen LogP contribution >= 0.6 is 0 Å². The van der Waals surface area contributed by atoms with Crippen LogP contribution in [0, 0.1) is 0 Å². The van der Waals surface area contributed by atoms with E-state index in [9.17, 15) is 0 Å². The molecule has 3 nitrogen and oxygen atoms in total. The maximum atomic E-state index is 6.85. The van der Waals surface area contributed by atoms with Gasteiger partial charge in [-0.2, -0.15) is 0 Å². The summed E-state index contributed by atoms with van der Waals surface area (Å²) in [6.45, 7) is 0. The van der Waals surface area contributed by atoms with Gasteiger partial charge in [0, 0.05) is 49.7 Å². The van der Waals surface area contributed by atoms with Crippen LogP contribution in [0.1, 0.15) is 0 Å². The molecule has 0 amide bonds. The molecule has 0 spiro atoms. The third kappa shape index (κ3) is 5.36. The molecule has 10 aromatic carbocycles. The highest BCUT2D eigenvalue weighted by Crippen LogP contribution is 2.46. The number of fused-ring (bicyclic) bond motifs is 9. The lowest BCUT2D eigenvalue weighted by molar-refractivity contribution is 0.670. The fraction of sp³-hybridized carbons (Fsp3) is 0. The van der Waals surface area contributed by atoms with Crippen molar-refractivity contribution in [2.75, 3.05) is 4.90 Å². The summed E-state index contributed by atoms with van der Waals surface area (Å²) < 4.78 is 9.26. The second-order valence-corrected chi connectivity index (χ2v) is 15.3. The van der Waals surface area contributed by atoms with Gasteiger partial charge in [0.2, 0.25) is 0 Å². The van der Waals surface area contributed by atoms with E-state index in [0.29, 0.717) is 0 Å². The summed E-state index contributed by atoms with van der Waals surface area (Å²) in [7, 11) is 0. The van der Waals surface area contributed by atoms with Gasteiger partial charge < -0.3 is 13.9 Å². The van der Waals surface area contributed by atoms with Crippen molar-refractivity contribution in [3.63, 3.8) is 0 Å². The topological polar surface area (TPSA) is 21.3 Å². The molecule has 2 heterocycles. The van der Waals surface area contributed by atoms with E-state index < -0.39 is 0 Å². The van der Waals surface area contributed by atoms with Crippen LogP contribution in [-0.2, 0) is 0 Å². The van der Waals surface area contributed by atoms with Crippen molar-refractivity contribution >= 4 is 82.4 Å². The smallest absolute Gasteiger partial charge is 0.143 e. The minimum Gasteiger partial charge on any atom is -0.455 e. The molecule has 276 valence electrons. The molecule has 0 aliphatic heterocycles. The van der Waals surface area contributed by atoms with Gasteiger partial charge in [0.05, 0.1) is 16.7 Å². The lowest BCUT2D eigenvalue weighted by atomic mass is 9.96.